The fraction of sp³-hybridized carbons (Fsp3) is 0.462. The molecule has 4 nitrogen and oxygen atoms in total. The summed E-state index contributed by atoms with van der Waals surface area (Å²) in [6, 6.07) is 7.05. The number of carbonyl (C=O) groups excluding carboxylic acids is 1. The third-order valence-corrected chi connectivity index (χ3v) is 2.58. The lowest BCUT2D eigenvalue weighted by molar-refractivity contribution is -0.122. The molecule has 0 aromatic heterocycles. The Labute approximate surface area is 114 Å². The molecular formula is C13H21ClN2O2. The van der Waals surface area contributed by atoms with Crippen molar-refractivity contribution in [2.75, 3.05) is 0 Å². The maximum Gasteiger partial charge on any atom is 0.237 e. The Balaban J connectivity index is 0.00000289. The molecule has 1 atom stereocenters. The van der Waals surface area contributed by atoms with Crippen LogP contribution in [0.15, 0.2) is 24.3 Å². The summed E-state index contributed by atoms with van der Waals surface area (Å²) in [5, 5.41) is 11.8. The average Bonchev–Trinajstić information content (AvgIpc) is 2.36. The van der Waals surface area contributed by atoms with Gasteiger partial charge in [0.25, 0.3) is 0 Å². The van der Waals surface area contributed by atoms with Gasteiger partial charge in [-0.15, -0.1) is 12.4 Å². The van der Waals surface area contributed by atoms with Crippen LogP contribution in [0.1, 0.15) is 30.9 Å². The highest BCUT2D eigenvalue weighted by atomic mass is 35.5. The van der Waals surface area contributed by atoms with E-state index >= 15 is 0 Å². The number of benzene rings is 1. The number of carbonyl (C=O) groups is 1. The van der Waals surface area contributed by atoms with Gasteiger partial charge in [-0.3, -0.25) is 4.79 Å². The molecule has 0 heterocycles. The summed E-state index contributed by atoms with van der Waals surface area (Å²) >= 11 is 0. The van der Waals surface area contributed by atoms with Crippen molar-refractivity contribution in [3.63, 3.8) is 0 Å². The average molecular weight is 273 g/mol. The quantitative estimate of drug-likeness (QED) is 0.732. The zero-order valence-electron chi connectivity index (χ0n) is 10.6. The van der Waals surface area contributed by atoms with E-state index in [1.807, 2.05) is 31.2 Å². The minimum atomic E-state index is -0.430. The van der Waals surface area contributed by atoms with Crippen molar-refractivity contribution in [2.45, 2.75) is 39.0 Å². The minimum absolute atomic E-state index is 0. The van der Waals surface area contributed by atoms with Gasteiger partial charge in [0.1, 0.15) is 0 Å². The van der Waals surface area contributed by atoms with Gasteiger partial charge in [-0.05, 0) is 17.5 Å². The topological polar surface area (TPSA) is 75.4 Å². The van der Waals surface area contributed by atoms with Gasteiger partial charge in [0.2, 0.25) is 5.91 Å². The molecule has 0 saturated carbocycles. The first-order valence-corrected chi connectivity index (χ1v) is 5.89. The SMILES string of the molecule is CCCC(N)C(=O)NCc1cccc(CO)c1.Cl. The van der Waals surface area contributed by atoms with Crippen molar-refractivity contribution < 1.29 is 9.90 Å². The molecule has 0 fully saturated rings. The molecule has 18 heavy (non-hydrogen) atoms. The van der Waals surface area contributed by atoms with E-state index in [1.165, 1.54) is 0 Å². The summed E-state index contributed by atoms with van der Waals surface area (Å²) in [7, 11) is 0. The van der Waals surface area contributed by atoms with E-state index in [0.717, 1.165) is 17.5 Å². The first-order valence-electron chi connectivity index (χ1n) is 5.89. The molecule has 0 aliphatic carbocycles. The number of hydrogen-bond acceptors (Lipinski definition) is 3. The van der Waals surface area contributed by atoms with Crippen molar-refractivity contribution in [3.05, 3.63) is 35.4 Å². The monoisotopic (exact) mass is 272 g/mol. The number of hydrogen-bond donors (Lipinski definition) is 3. The molecule has 0 bridgehead atoms. The normalized spacial score (nSPS) is 11.5. The van der Waals surface area contributed by atoms with Crippen molar-refractivity contribution >= 4 is 18.3 Å². The van der Waals surface area contributed by atoms with Gasteiger partial charge in [-0.25, -0.2) is 0 Å². The molecule has 4 N–H and O–H groups in total. The lowest BCUT2D eigenvalue weighted by atomic mass is 10.1. The van der Waals surface area contributed by atoms with E-state index in [4.69, 9.17) is 10.8 Å². The number of aliphatic hydroxyl groups is 1. The predicted molar refractivity (Wildman–Crippen MR) is 74.3 cm³/mol. The molecule has 0 radical (unpaired) electrons. The van der Waals surface area contributed by atoms with Gasteiger partial charge in [0.05, 0.1) is 12.6 Å². The summed E-state index contributed by atoms with van der Waals surface area (Å²) in [4.78, 5) is 11.6. The standard InChI is InChI=1S/C13H20N2O2.ClH/c1-2-4-12(14)13(17)15-8-10-5-3-6-11(7-10)9-16;/h3,5-7,12,16H,2,4,8-9,14H2,1H3,(H,15,17);1H. The fourth-order valence-corrected chi connectivity index (χ4v) is 1.60. The molecule has 0 aliphatic rings. The first-order chi connectivity index (χ1) is 8.17. The van der Waals surface area contributed by atoms with Crippen LogP contribution in [0.5, 0.6) is 0 Å². The van der Waals surface area contributed by atoms with E-state index in [2.05, 4.69) is 5.32 Å². The third kappa shape index (κ3) is 5.49. The van der Waals surface area contributed by atoms with Gasteiger partial charge in [0.15, 0.2) is 0 Å². The third-order valence-electron chi connectivity index (χ3n) is 2.58. The van der Waals surface area contributed by atoms with Crippen molar-refractivity contribution in [1.29, 1.82) is 0 Å². The molecule has 1 aromatic rings. The summed E-state index contributed by atoms with van der Waals surface area (Å²) in [6.07, 6.45) is 1.59. The molecule has 1 rings (SSSR count). The predicted octanol–water partition coefficient (Wildman–Crippen LogP) is 1.34. The number of aliphatic hydroxyl groups excluding tert-OH is 1. The zero-order chi connectivity index (χ0) is 12.7. The highest BCUT2D eigenvalue weighted by Gasteiger charge is 2.11. The van der Waals surface area contributed by atoms with Crippen molar-refractivity contribution in [3.8, 4) is 0 Å². The largest absolute Gasteiger partial charge is 0.392 e. The molecule has 1 amide bonds. The van der Waals surface area contributed by atoms with E-state index in [1.54, 1.807) is 0 Å². The second-order valence-corrected chi connectivity index (χ2v) is 4.09. The van der Waals surface area contributed by atoms with Crippen LogP contribution in [0.25, 0.3) is 0 Å². The molecule has 1 aromatic carbocycles. The summed E-state index contributed by atoms with van der Waals surface area (Å²) in [5.41, 5.74) is 7.50. The zero-order valence-corrected chi connectivity index (χ0v) is 11.4. The van der Waals surface area contributed by atoms with Crippen LogP contribution in [0.3, 0.4) is 0 Å². The lowest BCUT2D eigenvalue weighted by Crippen LogP contribution is -2.40. The van der Waals surface area contributed by atoms with Crippen molar-refractivity contribution in [1.82, 2.24) is 5.32 Å². The fourth-order valence-electron chi connectivity index (χ4n) is 1.60. The van der Waals surface area contributed by atoms with Gasteiger partial charge < -0.3 is 16.2 Å². The van der Waals surface area contributed by atoms with E-state index in [-0.39, 0.29) is 24.9 Å². The van der Waals surface area contributed by atoms with E-state index in [9.17, 15) is 4.79 Å². The molecule has 0 aliphatic heterocycles. The van der Waals surface area contributed by atoms with Crippen LogP contribution in [0.4, 0.5) is 0 Å². The van der Waals surface area contributed by atoms with E-state index in [0.29, 0.717) is 13.0 Å². The molecule has 5 heteroatoms. The van der Waals surface area contributed by atoms with Crippen LogP contribution in [-0.2, 0) is 17.9 Å². The number of halogens is 1. The highest BCUT2D eigenvalue weighted by Crippen LogP contribution is 2.05. The van der Waals surface area contributed by atoms with Crippen LogP contribution >= 0.6 is 12.4 Å². The highest BCUT2D eigenvalue weighted by molar-refractivity contribution is 5.85. The van der Waals surface area contributed by atoms with E-state index < -0.39 is 6.04 Å². The Kier molecular flexibility index (Phi) is 8.37. The maximum absolute atomic E-state index is 11.6. The molecular weight excluding hydrogens is 252 g/mol. The maximum atomic E-state index is 11.6. The Morgan fingerprint density at radius 2 is 2.11 bits per heavy atom. The summed E-state index contributed by atoms with van der Waals surface area (Å²) < 4.78 is 0. The van der Waals surface area contributed by atoms with Crippen LogP contribution in [-0.4, -0.2) is 17.1 Å². The second kappa shape index (κ2) is 8.91. The Morgan fingerprint density at radius 3 is 2.72 bits per heavy atom. The lowest BCUT2D eigenvalue weighted by Gasteiger charge is -2.11. The Bertz CT molecular complexity index is 372. The molecule has 1 unspecified atom stereocenters. The Morgan fingerprint density at radius 1 is 1.44 bits per heavy atom. The van der Waals surface area contributed by atoms with Gasteiger partial charge in [0, 0.05) is 6.54 Å². The molecule has 102 valence electrons. The summed E-state index contributed by atoms with van der Waals surface area (Å²) in [6.45, 7) is 2.46. The van der Waals surface area contributed by atoms with Crippen molar-refractivity contribution in [2.24, 2.45) is 5.73 Å². The number of nitrogens with two attached hydrogens (primary N) is 1. The van der Waals surface area contributed by atoms with Crippen LogP contribution < -0.4 is 11.1 Å². The van der Waals surface area contributed by atoms with Gasteiger partial charge in [-0.1, -0.05) is 37.6 Å². The second-order valence-electron chi connectivity index (χ2n) is 4.09. The first kappa shape index (κ1) is 16.9. The van der Waals surface area contributed by atoms with Gasteiger partial charge in [-0.2, -0.15) is 0 Å². The summed E-state index contributed by atoms with van der Waals surface area (Å²) in [5.74, 6) is -0.124. The van der Waals surface area contributed by atoms with Crippen LogP contribution in [0.2, 0.25) is 0 Å². The molecule has 0 saturated heterocycles. The number of rotatable bonds is 6. The Hall–Kier alpha value is -1.10. The van der Waals surface area contributed by atoms with Crippen LogP contribution in [0, 0.1) is 0 Å². The van der Waals surface area contributed by atoms with Gasteiger partial charge >= 0.3 is 0 Å². The minimum Gasteiger partial charge on any atom is -0.392 e. The molecule has 0 spiro atoms. The number of amides is 1. The smallest absolute Gasteiger partial charge is 0.237 e. The number of nitrogens with one attached hydrogen (secondary N) is 1.